The number of aromatic nitrogens is 1. The number of ether oxygens (including phenoxy) is 2. The molecule has 0 amide bonds. The number of ketones is 1. The number of hydrogen-bond acceptors (Lipinski definition) is 4. The van der Waals surface area contributed by atoms with Crippen LogP contribution < -0.4 is 0 Å². The molecule has 0 spiro atoms. The number of hydrogen-bond donors (Lipinski definition) is 0. The van der Waals surface area contributed by atoms with Crippen LogP contribution in [0.2, 0.25) is 5.02 Å². The van der Waals surface area contributed by atoms with E-state index in [-0.39, 0.29) is 20.3 Å². The average molecular weight is 425 g/mol. The van der Waals surface area contributed by atoms with Crippen molar-refractivity contribution in [3.05, 3.63) is 51.8 Å². The third-order valence-electron chi connectivity index (χ3n) is 3.97. The number of rotatable bonds is 4. The summed E-state index contributed by atoms with van der Waals surface area (Å²) in [7, 11) is 0. The molecule has 4 nitrogen and oxygen atoms in total. The first-order valence-corrected chi connectivity index (χ1v) is 10.1. The molecule has 1 aliphatic heterocycles. The molecule has 0 saturated heterocycles. The number of halogens is 1. The molecule has 6 heteroatoms. The van der Waals surface area contributed by atoms with E-state index in [0.29, 0.717) is 17.4 Å². The number of carbonyl (C=O) groups excluding carboxylic acids is 1. The summed E-state index contributed by atoms with van der Waals surface area (Å²) in [6.07, 6.45) is 3.42. The van der Waals surface area contributed by atoms with E-state index >= 15 is 0 Å². The van der Waals surface area contributed by atoms with Gasteiger partial charge >= 0.3 is 159 Å². The second-order valence-corrected chi connectivity index (χ2v) is 9.70. The van der Waals surface area contributed by atoms with Crippen molar-refractivity contribution in [2.75, 3.05) is 0 Å². The predicted octanol–water partition coefficient (Wildman–Crippen LogP) is 4.02. The van der Waals surface area contributed by atoms with Crippen LogP contribution in [0.15, 0.2) is 42.3 Å². The van der Waals surface area contributed by atoms with Gasteiger partial charge in [-0.05, 0) is 0 Å². The molecule has 0 radical (unpaired) electrons. The second kappa shape index (κ2) is 6.73. The monoisotopic (exact) mass is 425 g/mol. The molecule has 1 aliphatic rings. The molecule has 0 fully saturated rings. The van der Waals surface area contributed by atoms with E-state index in [0.717, 1.165) is 14.6 Å². The minimum absolute atomic E-state index is 0.0779. The zero-order valence-corrected chi connectivity index (χ0v) is 17.1. The zero-order valence-electron chi connectivity index (χ0n) is 14.6. The van der Waals surface area contributed by atoms with E-state index in [9.17, 15) is 4.79 Å². The normalized spacial score (nSPS) is 18.8. The van der Waals surface area contributed by atoms with Crippen molar-refractivity contribution in [2.24, 2.45) is 0 Å². The molecule has 0 N–H and O–H groups in total. The molecule has 3 rings (SSSR count). The topological polar surface area (TPSA) is 48.4 Å². The fraction of sp³-hybridized carbons (Fsp3) is 0.368. The van der Waals surface area contributed by atoms with Gasteiger partial charge in [-0.3, -0.25) is 0 Å². The Bertz CT molecular complexity index is 821. The SMILES string of the molecule is CC1(C)OC(C)(C)C(OCc2cnc(-c3ccc(Cl)cc3)[se]2)=CC1=O. The molecule has 0 aliphatic carbocycles. The van der Waals surface area contributed by atoms with Gasteiger partial charge in [0.05, 0.1) is 0 Å². The third kappa shape index (κ3) is 4.06. The first kappa shape index (κ1) is 18.4. The molecule has 0 saturated carbocycles. The molecule has 0 bridgehead atoms. The average Bonchev–Trinajstić information content (AvgIpc) is 2.98. The first-order chi connectivity index (χ1) is 11.7. The fourth-order valence-corrected chi connectivity index (χ4v) is 4.54. The van der Waals surface area contributed by atoms with Gasteiger partial charge in [-0.1, -0.05) is 0 Å². The Morgan fingerprint density at radius 3 is 2.52 bits per heavy atom. The molecule has 0 unspecified atom stereocenters. The van der Waals surface area contributed by atoms with Crippen LogP contribution in [0.1, 0.15) is 32.1 Å². The summed E-state index contributed by atoms with van der Waals surface area (Å²) >= 11 is 6.02. The summed E-state index contributed by atoms with van der Waals surface area (Å²) in [5.74, 6) is 0.485. The molecule has 0 atom stereocenters. The minimum atomic E-state index is -0.822. The summed E-state index contributed by atoms with van der Waals surface area (Å²) in [4.78, 5) is 16.6. The van der Waals surface area contributed by atoms with Crippen LogP contribution in [-0.2, 0) is 20.9 Å². The van der Waals surface area contributed by atoms with E-state index in [1.807, 2.05) is 44.3 Å². The Hall–Kier alpha value is -1.39. The first-order valence-electron chi connectivity index (χ1n) is 7.98. The fourth-order valence-electron chi connectivity index (χ4n) is 2.67. The van der Waals surface area contributed by atoms with Gasteiger partial charge in [0.2, 0.25) is 0 Å². The van der Waals surface area contributed by atoms with Crippen LogP contribution in [0.3, 0.4) is 0 Å². The molecule has 25 heavy (non-hydrogen) atoms. The predicted molar refractivity (Wildman–Crippen MR) is 98.7 cm³/mol. The molecular formula is C19H20ClNO3Se. The maximum absolute atomic E-state index is 12.1. The Labute approximate surface area is 158 Å². The van der Waals surface area contributed by atoms with E-state index in [4.69, 9.17) is 21.1 Å². The van der Waals surface area contributed by atoms with Crippen molar-refractivity contribution in [1.29, 1.82) is 0 Å². The van der Waals surface area contributed by atoms with Gasteiger partial charge in [-0.15, -0.1) is 0 Å². The van der Waals surface area contributed by atoms with Gasteiger partial charge in [-0.2, -0.15) is 0 Å². The van der Waals surface area contributed by atoms with Crippen LogP contribution in [0.4, 0.5) is 0 Å². The van der Waals surface area contributed by atoms with Gasteiger partial charge in [-0.25, -0.2) is 0 Å². The van der Waals surface area contributed by atoms with E-state index in [2.05, 4.69) is 4.98 Å². The van der Waals surface area contributed by atoms with Crippen LogP contribution in [0, 0.1) is 0 Å². The van der Waals surface area contributed by atoms with Crippen molar-refractivity contribution in [1.82, 2.24) is 4.98 Å². The summed E-state index contributed by atoms with van der Waals surface area (Å²) in [6, 6.07) is 7.68. The van der Waals surface area contributed by atoms with Crippen molar-refractivity contribution in [3.63, 3.8) is 0 Å². The Balaban J connectivity index is 1.72. The second-order valence-electron chi connectivity index (χ2n) is 6.92. The Morgan fingerprint density at radius 2 is 1.84 bits per heavy atom. The van der Waals surface area contributed by atoms with Crippen LogP contribution in [0.25, 0.3) is 10.1 Å². The van der Waals surface area contributed by atoms with Gasteiger partial charge in [0, 0.05) is 0 Å². The molecular weight excluding hydrogens is 405 g/mol. The van der Waals surface area contributed by atoms with Crippen LogP contribution >= 0.6 is 11.6 Å². The molecule has 1 aromatic heterocycles. The van der Waals surface area contributed by atoms with E-state index < -0.39 is 11.2 Å². The molecule has 1 aromatic carbocycles. The molecule has 2 heterocycles. The van der Waals surface area contributed by atoms with Crippen molar-refractivity contribution in [3.8, 4) is 10.1 Å². The van der Waals surface area contributed by atoms with Crippen molar-refractivity contribution in [2.45, 2.75) is 45.5 Å². The maximum atomic E-state index is 12.1. The van der Waals surface area contributed by atoms with Crippen molar-refractivity contribution < 1.29 is 14.3 Å². The van der Waals surface area contributed by atoms with Crippen molar-refractivity contribution >= 4 is 31.9 Å². The van der Waals surface area contributed by atoms with Gasteiger partial charge in [0.1, 0.15) is 0 Å². The van der Waals surface area contributed by atoms with Gasteiger partial charge < -0.3 is 0 Å². The summed E-state index contributed by atoms with van der Waals surface area (Å²) in [6.45, 7) is 7.79. The number of nitrogens with zero attached hydrogens (tertiary/aromatic N) is 1. The zero-order chi connectivity index (χ0) is 18.2. The van der Waals surface area contributed by atoms with Gasteiger partial charge in [0.15, 0.2) is 0 Å². The van der Waals surface area contributed by atoms with E-state index in [1.165, 1.54) is 0 Å². The summed E-state index contributed by atoms with van der Waals surface area (Å²) in [5, 5.41) is 0.713. The van der Waals surface area contributed by atoms with Gasteiger partial charge in [0.25, 0.3) is 0 Å². The summed E-state index contributed by atoms with van der Waals surface area (Å²) < 4.78 is 14.0. The number of carbonyl (C=O) groups is 1. The quantitative estimate of drug-likeness (QED) is 0.696. The third-order valence-corrected chi connectivity index (χ3v) is 6.37. The molecule has 2 aromatic rings. The van der Waals surface area contributed by atoms with E-state index in [1.54, 1.807) is 19.9 Å². The Kier molecular flexibility index (Phi) is 4.95. The Morgan fingerprint density at radius 1 is 1.16 bits per heavy atom. The number of benzene rings is 1. The standard InChI is InChI=1S/C19H20ClNO3Se/c1-18(2)15(22)9-16(19(3,4)24-18)23-11-14-10-21-17(25-14)12-5-7-13(20)8-6-12/h5-10H,11H2,1-4H3. The summed E-state index contributed by atoms with van der Waals surface area (Å²) in [5.41, 5.74) is -0.380. The molecule has 132 valence electrons. The van der Waals surface area contributed by atoms with Crippen LogP contribution in [0.5, 0.6) is 0 Å². The van der Waals surface area contributed by atoms with Crippen LogP contribution in [-0.4, -0.2) is 36.5 Å².